The Morgan fingerprint density at radius 1 is 1.36 bits per heavy atom. The van der Waals surface area contributed by atoms with Crippen LogP contribution in [-0.2, 0) is 0 Å². The van der Waals surface area contributed by atoms with Gasteiger partial charge in [-0.15, -0.1) is 11.6 Å². The van der Waals surface area contributed by atoms with E-state index in [1.807, 2.05) is 42.3 Å². The smallest absolute Gasteiger partial charge is 0.0712 e. The Kier molecular flexibility index (Phi) is 4.94. The molecule has 0 aliphatic carbocycles. The molecule has 0 fully saturated rings. The van der Waals surface area contributed by atoms with Gasteiger partial charge in [0.05, 0.1) is 12.0 Å². The summed E-state index contributed by atoms with van der Waals surface area (Å²) >= 11 is 6.21. The van der Waals surface area contributed by atoms with Gasteiger partial charge in [0.15, 0.2) is 0 Å². The lowest BCUT2D eigenvalue weighted by Gasteiger charge is -2.18. The highest BCUT2D eigenvalue weighted by Crippen LogP contribution is 2.20. The molecule has 1 unspecified atom stereocenters. The van der Waals surface area contributed by atoms with Gasteiger partial charge in [-0.25, -0.2) is 0 Å². The molecule has 78 valence electrons. The molecule has 0 amide bonds. The first-order valence-corrected chi connectivity index (χ1v) is 5.16. The number of nitrogens with zero attached hydrogens (tertiary/aromatic N) is 1. The van der Waals surface area contributed by atoms with E-state index in [9.17, 15) is 0 Å². The van der Waals surface area contributed by atoms with Crippen LogP contribution in [0, 0.1) is 0 Å². The van der Waals surface area contributed by atoms with Crippen LogP contribution >= 0.6 is 11.6 Å². The summed E-state index contributed by atoms with van der Waals surface area (Å²) in [4.78, 5) is 2.02. The van der Waals surface area contributed by atoms with Crippen LogP contribution in [0.4, 0.5) is 0 Å². The van der Waals surface area contributed by atoms with E-state index in [0.717, 1.165) is 12.1 Å². The molecule has 1 atom stereocenters. The summed E-state index contributed by atoms with van der Waals surface area (Å²) in [6.07, 6.45) is 0. The molecule has 0 spiro atoms. The quantitative estimate of drug-likeness (QED) is 0.756. The minimum atomic E-state index is -0.00671. The van der Waals surface area contributed by atoms with Crippen molar-refractivity contribution in [2.75, 3.05) is 26.7 Å². The van der Waals surface area contributed by atoms with E-state index in [-0.39, 0.29) is 12.0 Å². The zero-order valence-electron chi connectivity index (χ0n) is 8.36. The normalized spacial score (nSPS) is 13.1. The Hall–Kier alpha value is -0.570. The highest BCUT2D eigenvalue weighted by atomic mass is 35.5. The second-order valence-electron chi connectivity index (χ2n) is 3.36. The number of hydrogen-bond acceptors (Lipinski definition) is 2. The summed E-state index contributed by atoms with van der Waals surface area (Å²) in [7, 11) is 1.95. The number of aliphatic hydroxyl groups is 1. The van der Waals surface area contributed by atoms with Crippen molar-refractivity contribution in [2.24, 2.45) is 0 Å². The maximum atomic E-state index is 8.74. The van der Waals surface area contributed by atoms with Crippen molar-refractivity contribution in [1.29, 1.82) is 0 Å². The zero-order valence-corrected chi connectivity index (χ0v) is 9.11. The first kappa shape index (κ1) is 11.5. The van der Waals surface area contributed by atoms with Gasteiger partial charge in [-0.05, 0) is 12.6 Å². The van der Waals surface area contributed by atoms with E-state index in [1.165, 1.54) is 0 Å². The van der Waals surface area contributed by atoms with Crippen molar-refractivity contribution in [3.8, 4) is 0 Å². The molecule has 2 nitrogen and oxygen atoms in total. The SMILES string of the molecule is CN(CCO)CC(Cl)c1ccccc1. The van der Waals surface area contributed by atoms with Crippen molar-refractivity contribution < 1.29 is 5.11 Å². The van der Waals surface area contributed by atoms with Crippen molar-refractivity contribution in [2.45, 2.75) is 5.38 Å². The minimum absolute atomic E-state index is 0.00671. The molecular formula is C11H16ClNO. The van der Waals surface area contributed by atoms with Gasteiger partial charge in [-0.2, -0.15) is 0 Å². The summed E-state index contributed by atoms with van der Waals surface area (Å²) in [5.74, 6) is 0. The highest BCUT2D eigenvalue weighted by molar-refractivity contribution is 6.21. The van der Waals surface area contributed by atoms with Gasteiger partial charge in [-0.1, -0.05) is 30.3 Å². The molecule has 14 heavy (non-hydrogen) atoms. The third kappa shape index (κ3) is 3.66. The number of likely N-dealkylation sites (N-methyl/N-ethyl adjacent to an activating group) is 1. The van der Waals surface area contributed by atoms with Crippen LogP contribution in [-0.4, -0.2) is 36.8 Å². The molecule has 0 radical (unpaired) electrons. The monoisotopic (exact) mass is 213 g/mol. The Bertz CT molecular complexity index is 253. The summed E-state index contributed by atoms with van der Waals surface area (Å²) in [6, 6.07) is 9.98. The van der Waals surface area contributed by atoms with E-state index >= 15 is 0 Å². The molecule has 0 saturated carbocycles. The van der Waals surface area contributed by atoms with Gasteiger partial charge >= 0.3 is 0 Å². The first-order chi connectivity index (χ1) is 6.74. The number of aliphatic hydroxyl groups excluding tert-OH is 1. The van der Waals surface area contributed by atoms with Gasteiger partial charge in [0, 0.05) is 13.1 Å². The predicted octanol–water partition coefficient (Wildman–Crippen LogP) is 1.89. The fourth-order valence-electron chi connectivity index (χ4n) is 1.30. The molecule has 1 rings (SSSR count). The average molecular weight is 214 g/mol. The number of halogens is 1. The lowest BCUT2D eigenvalue weighted by molar-refractivity contribution is 0.221. The number of alkyl halides is 1. The Balaban J connectivity index is 2.46. The number of hydrogen-bond donors (Lipinski definition) is 1. The molecule has 0 bridgehead atoms. The van der Waals surface area contributed by atoms with Gasteiger partial charge in [0.1, 0.15) is 0 Å². The summed E-state index contributed by atoms with van der Waals surface area (Å²) in [5.41, 5.74) is 1.12. The third-order valence-electron chi connectivity index (χ3n) is 2.11. The van der Waals surface area contributed by atoms with Crippen molar-refractivity contribution in [3.05, 3.63) is 35.9 Å². The molecular weight excluding hydrogens is 198 g/mol. The minimum Gasteiger partial charge on any atom is -0.395 e. The molecule has 3 heteroatoms. The van der Waals surface area contributed by atoms with Crippen LogP contribution in [0.1, 0.15) is 10.9 Å². The van der Waals surface area contributed by atoms with Crippen LogP contribution in [0.5, 0.6) is 0 Å². The molecule has 0 heterocycles. The number of rotatable bonds is 5. The lowest BCUT2D eigenvalue weighted by Crippen LogP contribution is -2.25. The summed E-state index contributed by atoms with van der Waals surface area (Å²) in [5, 5.41) is 8.73. The molecule has 0 saturated heterocycles. The maximum absolute atomic E-state index is 8.74. The van der Waals surface area contributed by atoms with E-state index in [1.54, 1.807) is 0 Å². The van der Waals surface area contributed by atoms with Crippen LogP contribution < -0.4 is 0 Å². The van der Waals surface area contributed by atoms with Crippen LogP contribution in [0.25, 0.3) is 0 Å². The van der Waals surface area contributed by atoms with E-state index in [0.29, 0.717) is 6.54 Å². The van der Waals surface area contributed by atoms with Crippen molar-refractivity contribution >= 4 is 11.6 Å². The lowest BCUT2D eigenvalue weighted by atomic mass is 10.1. The molecule has 0 aliphatic heterocycles. The largest absolute Gasteiger partial charge is 0.395 e. The van der Waals surface area contributed by atoms with Gasteiger partial charge in [0.2, 0.25) is 0 Å². The standard InChI is InChI=1S/C11H16ClNO/c1-13(7-8-14)9-11(12)10-5-3-2-4-6-10/h2-6,11,14H,7-9H2,1H3. The Morgan fingerprint density at radius 3 is 2.57 bits per heavy atom. The van der Waals surface area contributed by atoms with E-state index < -0.39 is 0 Å². The van der Waals surface area contributed by atoms with Gasteiger partial charge in [0.25, 0.3) is 0 Å². The second-order valence-corrected chi connectivity index (χ2v) is 3.89. The van der Waals surface area contributed by atoms with E-state index in [2.05, 4.69) is 0 Å². The maximum Gasteiger partial charge on any atom is 0.0712 e. The van der Waals surface area contributed by atoms with Crippen LogP contribution in [0.2, 0.25) is 0 Å². The molecule has 1 aromatic carbocycles. The molecule has 0 aliphatic rings. The molecule has 0 aromatic heterocycles. The summed E-state index contributed by atoms with van der Waals surface area (Å²) in [6.45, 7) is 1.59. The van der Waals surface area contributed by atoms with Gasteiger partial charge < -0.3 is 10.0 Å². The van der Waals surface area contributed by atoms with Crippen molar-refractivity contribution in [1.82, 2.24) is 4.90 Å². The summed E-state index contributed by atoms with van der Waals surface area (Å²) < 4.78 is 0. The predicted molar refractivity (Wildman–Crippen MR) is 59.6 cm³/mol. The zero-order chi connectivity index (χ0) is 10.4. The topological polar surface area (TPSA) is 23.5 Å². The number of benzene rings is 1. The molecule has 1 N–H and O–H groups in total. The van der Waals surface area contributed by atoms with Crippen molar-refractivity contribution in [3.63, 3.8) is 0 Å². The van der Waals surface area contributed by atoms with Crippen LogP contribution in [0.3, 0.4) is 0 Å². The molecule has 1 aromatic rings. The Morgan fingerprint density at radius 2 is 2.00 bits per heavy atom. The fraction of sp³-hybridized carbons (Fsp3) is 0.455. The first-order valence-electron chi connectivity index (χ1n) is 4.72. The third-order valence-corrected chi connectivity index (χ3v) is 2.50. The Labute approximate surface area is 90.1 Å². The second kappa shape index (κ2) is 6.02. The van der Waals surface area contributed by atoms with E-state index in [4.69, 9.17) is 16.7 Å². The fourth-order valence-corrected chi connectivity index (χ4v) is 1.68. The van der Waals surface area contributed by atoms with Gasteiger partial charge in [-0.3, -0.25) is 0 Å². The van der Waals surface area contributed by atoms with Crippen LogP contribution in [0.15, 0.2) is 30.3 Å². The highest BCUT2D eigenvalue weighted by Gasteiger charge is 2.09. The average Bonchev–Trinajstić information content (AvgIpc) is 2.19.